The van der Waals surface area contributed by atoms with Crippen LogP contribution in [0.3, 0.4) is 0 Å². The minimum absolute atomic E-state index is 0.269. The van der Waals surface area contributed by atoms with Crippen molar-refractivity contribution in [3.8, 4) is 0 Å². The Morgan fingerprint density at radius 3 is 2.60 bits per heavy atom. The number of rotatable bonds is 5. The average Bonchev–Trinajstić information content (AvgIpc) is 3.07. The number of aromatic nitrogens is 2. The summed E-state index contributed by atoms with van der Waals surface area (Å²) in [5, 5.41) is 6.42. The summed E-state index contributed by atoms with van der Waals surface area (Å²) in [5.74, 6) is -0.404. The summed E-state index contributed by atoms with van der Waals surface area (Å²) in [6.07, 6.45) is 1.58. The number of amides is 1. The first kappa shape index (κ1) is 19.6. The van der Waals surface area contributed by atoms with Crippen molar-refractivity contribution in [3.63, 3.8) is 0 Å². The van der Waals surface area contributed by atoms with Crippen molar-refractivity contribution in [3.05, 3.63) is 89.2 Å². The van der Waals surface area contributed by atoms with E-state index in [0.717, 1.165) is 5.56 Å². The lowest BCUT2D eigenvalue weighted by molar-refractivity contribution is 0.101. The molecule has 152 valence electrons. The number of pyridine rings is 1. The van der Waals surface area contributed by atoms with Gasteiger partial charge in [0.2, 0.25) is 0 Å². The van der Waals surface area contributed by atoms with E-state index in [1.54, 1.807) is 42.1 Å². The molecule has 0 aliphatic carbocycles. The van der Waals surface area contributed by atoms with Gasteiger partial charge in [-0.3, -0.25) is 4.79 Å². The van der Waals surface area contributed by atoms with Gasteiger partial charge >= 0.3 is 0 Å². The molecule has 4 rings (SSSR count). The molecule has 0 bridgehead atoms. The van der Waals surface area contributed by atoms with Crippen molar-refractivity contribution in [2.75, 3.05) is 17.7 Å². The molecule has 0 unspecified atom stereocenters. The van der Waals surface area contributed by atoms with Crippen molar-refractivity contribution < 1.29 is 13.6 Å². The second kappa shape index (κ2) is 7.94. The zero-order chi connectivity index (χ0) is 21.3. The Morgan fingerprint density at radius 1 is 1.07 bits per heavy atom. The fraction of sp³-hybridized carbons (Fsp3) is 0.130. The number of halogens is 2. The van der Waals surface area contributed by atoms with E-state index in [4.69, 9.17) is 0 Å². The molecule has 7 heteroatoms. The largest absolute Gasteiger partial charge is 0.373 e. The van der Waals surface area contributed by atoms with E-state index in [9.17, 15) is 13.6 Å². The molecule has 2 aromatic carbocycles. The number of nitrogens with one attached hydrogen (secondary N) is 2. The van der Waals surface area contributed by atoms with E-state index in [2.05, 4.69) is 15.6 Å². The highest BCUT2D eigenvalue weighted by Crippen LogP contribution is 2.24. The summed E-state index contributed by atoms with van der Waals surface area (Å²) in [7, 11) is 1.77. The molecule has 0 saturated carbocycles. The van der Waals surface area contributed by atoms with E-state index < -0.39 is 0 Å². The predicted molar refractivity (Wildman–Crippen MR) is 114 cm³/mol. The molecule has 0 fully saturated rings. The van der Waals surface area contributed by atoms with Gasteiger partial charge in [-0.05, 0) is 60.5 Å². The monoisotopic (exact) mass is 406 g/mol. The maximum Gasteiger partial charge on any atom is 0.272 e. The number of nitrogens with zero attached hydrogens (tertiary/aromatic N) is 2. The van der Waals surface area contributed by atoms with Crippen LogP contribution in [0.25, 0.3) is 10.9 Å². The summed E-state index contributed by atoms with van der Waals surface area (Å²) in [4.78, 5) is 17.3. The first-order chi connectivity index (χ1) is 14.4. The molecule has 0 radical (unpaired) electrons. The van der Waals surface area contributed by atoms with E-state index >= 15 is 0 Å². The van der Waals surface area contributed by atoms with Gasteiger partial charge in [-0.1, -0.05) is 12.1 Å². The van der Waals surface area contributed by atoms with Crippen LogP contribution in [0.5, 0.6) is 0 Å². The fourth-order valence-electron chi connectivity index (χ4n) is 3.43. The number of aryl methyl sites for hydroxylation is 1. The van der Waals surface area contributed by atoms with Crippen molar-refractivity contribution >= 4 is 28.3 Å². The lowest BCUT2D eigenvalue weighted by Crippen LogP contribution is -2.18. The molecule has 0 spiro atoms. The summed E-state index contributed by atoms with van der Waals surface area (Å²) in [6, 6.07) is 14.0. The quantitative estimate of drug-likeness (QED) is 0.492. The zero-order valence-corrected chi connectivity index (χ0v) is 16.5. The Bertz CT molecular complexity index is 1250. The lowest BCUT2D eigenvalue weighted by Gasteiger charge is -2.13. The number of hydrogen-bond donors (Lipinski definition) is 2. The Morgan fingerprint density at radius 2 is 1.87 bits per heavy atom. The molecule has 0 aliphatic heterocycles. The third kappa shape index (κ3) is 3.87. The second-order valence-corrected chi connectivity index (χ2v) is 7.04. The molecule has 1 amide bonds. The first-order valence-corrected chi connectivity index (χ1v) is 9.43. The van der Waals surface area contributed by atoms with Crippen LogP contribution >= 0.6 is 0 Å². The maximum absolute atomic E-state index is 13.8. The zero-order valence-electron chi connectivity index (χ0n) is 16.5. The van der Waals surface area contributed by atoms with Crippen LogP contribution in [-0.2, 0) is 6.54 Å². The van der Waals surface area contributed by atoms with Crippen molar-refractivity contribution in [2.45, 2.75) is 13.5 Å². The highest BCUT2D eigenvalue weighted by atomic mass is 19.1. The van der Waals surface area contributed by atoms with Crippen LogP contribution in [0.1, 0.15) is 21.6 Å². The fourth-order valence-corrected chi connectivity index (χ4v) is 3.43. The Kier molecular flexibility index (Phi) is 5.18. The number of anilines is 2. The van der Waals surface area contributed by atoms with Gasteiger partial charge in [-0.25, -0.2) is 13.8 Å². The molecule has 2 N–H and O–H groups in total. The molecule has 2 aromatic heterocycles. The van der Waals surface area contributed by atoms with E-state index in [-0.39, 0.29) is 24.1 Å². The van der Waals surface area contributed by atoms with Gasteiger partial charge in [0.25, 0.3) is 5.91 Å². The number of hydrogen-bond acceptors (Lipinski definition) is 3. The molecule has 5 nitrogen and oxygen atoms in total. The maximum atomic E-state index is 13.8. The van der Waals surface area contributed by atoms with Crippen LogP contribution in [0.15, 0.2) is 60.8 Å². The van der Waals surface area contributed by atoms with Crippen LogP contribution in [0, 0.1) is 18.6 Å². The van der Waals surface area contributed by atoms with E-state index in [1.165, 1.54) is 24.3 Å². The second-order valence-electron chi connectivity index (χ2n) is 7.04. The van der Waals surface area contributed by atoms with Gasteiger partial charge in [-0.15, -0.1) is 0 Å². The third-order valence-electron chi connectivity index (χ3n) is 4.94. The SMILES string of the molecule is CNc1cc(C)c(NC(=O)c2cc3cc(F)ccc3n2Cc2cccc(F)c2)cn1. The first-order valence-electron chi connectivity index (χ1n) is 9.43. The minimum Gasteiger partial charge on any atom is -0.373 e. The van der Waals surface area contributed by atoms with Crippen molar-refractivity contribution in [1.29, 1.82) is 0 Å². The van der Waals surface area contributed by atoms with Gasteiger partial charge < -0.3 is 15.2 Å². The van der Waals surface area contributed by atoms with Gasteiger partial charge in [0.05, 0.1) is 11.9 Å². The van der Waals surface area contributed by atoms with Crippen molar-refractivity contribution in [1.82, 2.24) is 9.55 Å². The molecule has 0 atom stereocenters. The number of carbonyl (C=O) groups excluding carboxylic acids is 1. The van der Waals surface area contributed by atoms with Crippen LogP contribution < -0.4 is 10.6 Å². The van der Waals surface area contributed by atoms with Crippen molar-refractivity contribution in [2.24, 2.45) is 0 Å². The van der Waals surface area contributed by atoms with Gasteiger partial charge in [0, 0.05) is 24.5 Å². The highest BCUT2D eigenvalue weighted by Gasteiger charge is 2.18. The summed E-state index contributed by atoms with van der Waals surface area (Å²) < 4.78 is 29.2. The summed E-state index contributed by atoms with van der Waals surface area (Å²) >= 11 is 0. The lowest BCUT2D eigenvalue weighted by atomic mass is 10.2. The van der Waals surface area contributed by atoms with Crippen LogP contribution in [0.4, 0.5) is 20.3 Å². The number of fused-ring (bicyclic) bond motifs is 1. The Balaban J connectivity index is 1.74. The van der Waals surface area contributed by atoms with E-state index in [0.29, 0.717) is 33.7 Å². The molecule has 2 heterocycles. The Labute approximate surface area is 172 Å². The van der Waals surface area contributed by atoms with Gasteiger partial charge in [-0.2, -0.15) is 0 Å². The van der Waals surface area contributed by atoms with E-state index in [1.807, 2.05) is 13.0 Å². The Hall–Kier alpha value is -3.74. The average molecular weight is 406 g/mol. The standard InChI is InChI=1S/C23H20F2N4O/c1-14-8-22(26-2)27-12-19(14)28-23(30)21-11-16-10-18(25)6-7-20(16)29(21)13-15-4-3-5-17(24)9-15/h3-12H,13H2,1-2H3,(H,26,27)(H,28,30). The molecule has 0 saturated heterocycles. The predicted octanol–water partition coefficient (Wildman–Crippen LogP) is 4.97. The van der Waals surface area contributed by atoms with Crippen LogP contribution in [-0.4, -0.2) is 22.5 Å². The normalized spacial score (nSPS) is 10.9. The molecular formula is C23H20F2N4O. The molecule has 4 aromatic rings. The third-order valence-corrected chi connectivity index (χ3v) is 4.94. The molecular weight excluding hydrogens is 386 g/mol. The summed E-state index contributed by atoms with van der Waals surface area (Å²) in [5.41, 5.74) is 3.15. The van der Waals surface area contributed by atoms with Crippen LogP contribution in [0.2, 0.25) is 0 Å². The highest BCUT2D eigenvalue weighted by molar-refractivity contribution is 6.06. The molecule has 0 aliphatic rings. The topological polar surface area (TPSA) is 58.9 Å². The minimum atomic E-state index is -0.389. The number of benzene rings is 2. The summed E-state index contributed by atoms with van der Waals surface area (Å²) in [6.45, 7) is 2.14. The number of carbonyl (C=O) groups is 1. The molecule has 30 heavy (non-hydrogen) atoms. The smallest absolute Gasteiger partial charge is 0.272 e. The van der Waals surface area contributed by atoms with Gasteiger partial charge in [0.1, 0.15) is 23.1 Å². The van der Waals surface area contributed by atoms with Gasteiger partial charge in [0.15, 0.2) is 0 Å².